The minimum Gasteiger partial charge on any atom is -0.341 e. The van der Waals surface area contributed by atoms with Crippen molar-refractivity contribution in [1.29, 1.82) is 0 Å². The third-order valence-corrected chi connectivity index (χ3v) is 5.95. The molecule has 0 atom stereocenters. The van der Waals surface area contributed by atoms with Crippen LogP contribution in [0.3, 0.4) is 0 Å². The van der Waals surface area contributed by atoms with Gasteiger partial charge in [0, 0.05) is 24.8 Å². The molecule has 0 unspecified atom stereocenters. The molecule has 1 amide bonds. The number of carbonyl (C=O) groups excluding carboxylic acids is 1. The first kappa shape index (κ1) is 20.1. The van der Waals surface area contributed by atoms with Crippen LogP contribution in [-0.4, -0.2) is 39.5 Å². The summed E-state index contributed by atoms with van der Waals surface area (Å²) in [6.45, 7) is 1.93. The summed E-state index contributed by atoms with van der Waals surface area (Å²) in [5.74, 6) is 0.549. The largest absolute Gasteiger partial charge is 0.416 e. The third kappa shape index (κ3) is 4.85. The zero-order chi connectivity index (χ0) is 20.4. The summed E-state index contributed by atoms with van der Waals surface area (Å²) >= 11 is 1.27. The minimum absolute atomic E-state index is 0.0566. The fourth-order valence-electron chi connectivity index (χ4n) is 3.43. The molecule has 1 aliphatic heterocycles. The average Bonchev–Trinajstić information content (AvgIpc) is 3.45. The highest BCUT2D eigenvalue weighted by Gasteiger charge is 2.32. The van der Waals surface area contributed by atoms with Crippen LogP contribution in [0.5, 0.6) is 0 Å². The fraction of sp³-hybridized carbons (Fsp3) is 0.526. The quantitative estimate of drug-likeness (QED) is 0.697. The number of nitrogens with zero attached hydrogens (tertiary/aromatic N) is 4. The van der Waals surface area contributed by atoms with Gasteiger partial charge in [-0.05, 0) is 50.3 Å². The van der Waals surface area contributed by atoms with Crippen molar-refractivity contribution in [1.82, 2.24) is 14.8 Å². The Kier molecular flexibility index (Phi) is 5.71. The highest BCUT2D eigenvalue weighted by molar-refractivity contribution is 7.99. The van der Waals surface area contributed by atoms with Crippen molar-refractivity contribution in [3.8, 4) is 0 Å². The number of amides is 1. The number of carbonyl (C=O) groups is 1. The van der Waals surface area contributed by atoms with E-state index in [0.717, 1.165) is 56.9 Å². The molecule has 156 valence electrons. The predicted molar refractivity (Wildman–Crippen MR) is 105 cm³/mol. The van der Waals surface area contributed by atoms with Gasteiger partial charge in [-0.25, -0.2) is 0 Å². The normalized spacial score (nSPS) is 17.4. The van der Waals surface area contributed by atoms with Crippen LogP contribution in [0.4, 0.5) is 24.8 Å². The van der Waals surface area contributed by atoms with Crippen LogP contribution in [0.25, 0.3) is 0 Å². The van der Waals surface area contributed by atoms with Crippen LogP contribution in [0, 0.1) is 0 Å². The molecule has 2 aliphatic rings. The number of thioether (sulfide) groups is 1. The highest BCUT2D eigenvalue weighted by atomic mass is 32.2. The number of piperidine rings is 1. The summed E-state index contributed by atoms with van der Waals surface area (Å²) in [5.41, 5.74) is -0.661. The Balaban J connectivity index is 1.40. The SMILES string of the molecule is O=C(CSc1nnc(N2CCCCC2)n1C1CC1)Nc1cccc(C(F)(F)F)c1. The smallest absolute Gasteiger partial charge is 0.341 e. The van der Waals surface area contributed by atoms with Gasteiger partial charge in [0.05, 0.1) is 11.3 Å². The maximum absolute atomic E-state index is 12.8. The number of alkyl halides is 3. The van der Waals surface area contributed by atoms with Crippen molar-refractivity contribution in [3.05, 3.63) is 29.8 Å². The first-order chi connectivity index (χ1) is 13.9. The van der Waals surface area contributed by atoms with Gasteiger partial charge in [0.1, 0.15) is 0 Å². The molecule has 6 nitrogen and oxygen atoms in total. The molecule has 2 fully saturated rings. The maximum atomic E-state index is 12.8. The molecule has 2 aromatic rings. The number of nitrogens with one attached hydrogen (secondary N) is 1. The topological polar surface area (TPSA) is 63.1 Å². The molecular weight excluding hydrogens is 403 g/mol. The van der Waals surface area contributed by atoms with Gasteiger partial charge in [-0.2, -0.15) is 13.2 Å². The van der Waals surface area contributed by atoms with Crippen molar-refractivity contribution in [3.63, 3.8) is 0 Å². The fourth-order valence-corrected chi connectivity index (χ4v) is 4.23. The zero-order valence-corrected chi connectivity index (χ0v) is 16.6. The van der Waals surface area contributed by atoms with Crippen LogP contribution in [0.2, 0.25) is 0 Å². The van der Waals surface area contributed by atoms with E-state index >= 15 is 0 Å². The van der Waals surface area contributed by atoms with Crippen LogP contribution < -0.4 is 10.2 Å². The van der Waals surface area contributed by atoms with Crippen LogP contribution in [0.15, 0.2) is 29.4 Å². The van der Waals surface area contributed by atoms with Crippen LogP contribution >= 0.6 is 11.8 Å². The van der Waals surface area contributed by atoms with Crippen molar-refractivity contribution in [2.75, 3.05) is 29.1 Å². The lowest BCUT2D eigenvalue weighted by Gasteiger charge is -2.27. The Hall–Kier alpha value is -2.23. The molecule has 1 aromatic carbocycles. The van der Waals surface area contributed by atoms with E-state index in [2.05, 4.69) is 25.0 Å². The van der Waals surface area contributed by atoms with Gasteiger partial charge in [-0.3, -0.25) is 9.36 Å². The number of hydrogen-bond acceptors (Lipinski definition) is 5. The molecule has 2 heterocycles. The minimum atomic E-state index is -4.44. The van der Waals surface area contributed by atoms with E-state index in [0.29, 0.717) is 11.2 Å². The molecule has 10 heteroatoms. The number of benzene rings is 1. The Morgan fingerprint density at radius 2 is 1.93 bits per heavy atom. The summed E-state index contributed by atoms with van der Waals surface area (Å²) in [7, 11) is 0. The molecule has 1 N–H and O–H groups in total. The molecule has 4 rings (SSSR count). The molecule has 0 radical (unpaired) electrons. The van der Waals surface area contributed by atoms with Gasteiger partial charge in [-0.15, -0.1) is 10.2 Å². The molecule has 1 aromatic heterocycles. The lowest BCUT2D eigenvalue weighted by Crippen LogP contribution is -2.32. The van der Waals surface area contributed by atoms with E-state index in [1.807, 2.05) is 0 Å². The second-order valence-corrected chi connectivity index (χ2v) is 8.29. The monoisotopic (exact) mass is 425 g/mol. The number of hydrogen-bond donors (Lipinski definition) is 1. The summed E-state index contributed by atoms with van der Waals surface area (Å²) in [4.78, 5) is 14.5. The standard InChI is InChI=1S/C19H22F3N5OS/c20-19(21,22)13-5-4-6-14(11-13)23-16(28)12-29-18-25-24-17(27(18)15-7-8-15)26-9-2-1-3-10-26/h4-6,11,15H,1-3,7-10,12H2,(H,23,28). The Morgan fingerprint density at radius 1 is 1.17 bits per heavy atom. The summed E-state index contributed by atoms with van der Waals surface area (Å²) in [5, 5.41) is 11.9. The van der Waals surface area contributed by atoms with Gasteiger partial charge in [-0.1, -0.05) is 17.8 Å². The third-order valence-electron chi connectivity index (χ3n) is 5.00. The highest BCUT2D eigenvalue weighted by Crippen LogP contribution is 2.41. The van der Waals surface area contributed by atoms with E-state index in [1.165, 1.54) is 30.3 Å². The lowest BCUT2D eigenvalue weighted by molar-refractivity contribution is -0.137. The summed E-state index contributed by atoms with van der Waals surface area (Å²) < 4.78 is 40.6. The number of rotatable bonds is 6. The molecule has 1 saturated heterocycles. The summed E-state index contributed by atoms with van der Waals surface area (Å²) in [6.07, 6.45) is 1.21. The van der Waals surface area contributed by atoms with E-state index in [9.17, 15) is 18.0 Å². The molecule has 0 bridgehead atoms. The molecule has 1 aliphatic carbocycles. The van der Waals surface area contributed by atoms with Crippen LogP contribution in [-0.2, 0) is 11.0 Å². The zero-order valence-electron chi connectivity index (χ0n) is 15.8. The van der Waals surface area contributed by atoms with E-state index < -0.39 is 11.7 Å². The molecule has 29 heavy (non-hydrogen) atoms. The Morgan fingerprint density at radius 3 is 2.62 bits per heavy atom. The second kappa shape index (κ2) is 8.25. The lowest BCUT2D eigenvalue weighted by atomic mass is 10.1. The van der Waals surface area contributed by atoms with E-state index in [-0.39, 0.29) is 17.3 Å². The predicted octanol–water partition coefficient (Wildman–Crippen LogP) is 4.35. The van der Waals surface area contributed by atoms with Crippen molar-refractivity contribution in [2.24, 2.45) is 0 Å². The second-order valence-electron chi connectivity index (χ2n) is 7.35. The van der Waals surface area contributed by atoms with Crippen molar-refractivity contribution >= 4 is 29.3 Å². The average molecular weight is 425 g/mol. The maximum Gasteiger partial charge on any atom is 0.416 e. The van der Waals surface area contributed by atoms with Crippen molar-refractivity contribution in [2.45, 2.75) is 49.5 Å². The van der Waals surface area contributed by atoms with E-state index in [1.54, 1.807) is 0 Å². The molecule has 1 saturated carbocycles. The van der Waals surface area contributed by atoms with Crippen molar-refractivity contribution < 1.29 is 18.0 Å². The number of anilines is 2. The van der Waals surface area contributed by atoms with Gasteiger partial charge in [0.2, 0.25) is 11.9 Å². The number of aromatic nitrogens is 3. The molecular formula is C19H22F3N5OS. The van der Waals surface area contributed by atoms with Gasteiger partial charge >= 0.3 is 6.18 Å². The first-order valence-corrected chi connectivity index (χ1v) is 10.7. The van der Waals surface area contributed by atoms with Crippen LogP contribution in [0.1, 0.15) is 43.7 Å². The Bertz CT molecular complexity index is 875. The Labute approximate surface area is 170 Å². The number of halogens is 3. The van der Waals surface area contributed by atoms with E-state index in [4.69, 9.17) is 0 Å². The van der Waals surface area contributed by atoms with Gasteiger partial charge in [0.25, 0.3) is 0 Å². The van der Waals surface area contributed by atoms with Gasteiger partial charge < -0.3 is 10.2 Å². The first-order valence-electron chi connectivity index (χ1n) is 9.71. The molecule has 0 spiro atoms. The summed E-state index contributed by atoms with van der Waals surface area (Å²) in [6, 6.07) is 5.00. The van der Waals surface area contributed by atoms with Gasteiger partial charge in [0.15, 0.2) is 5.16 Å².